The lowest BCUT2D eigenvalue weighted by Gasteiger charge is -2.37. The van der Waals surface area contributed by atoms with Gasteiger partial charge in [-0.15, -0.1) is 0 Å². The predicted molar refractivity (Wildman–Crippen MR) is 102 cm³/mol. The molecule has 0 spiro atoms. The maximum Gasteiger partial charge on any atom is 0.0240 e. The van der Waals surface area contributed by atoms with Crippen molar-refractivity contribution in [3.8, 4) is 0 Å². The number of nitrogens with two attached hydrogens (primary N) is 1. The first kappa shape index (κ1) is 15.4. The summed E-state index contributed by atoms with van der Waals surface area (Å²) in [5.41, 5.74) is 11.5. The van der Waals surface area contributed by atoms with Crippen molar-refractivity contribution in [2.24, 2.45) is 23.0 Å². The lowest BCUT2D eigenvalue weighted by molar-refractivity contribution is 0.330. The van der Waals surface area contributed by atoms with E-state index in [1.165, 1.54) is 28.7 Å². The zero-order chi connectivity index (χ0) is 16.6. The van der Waals surface area contributed by atoms with Gasteiger partial charge in [0.25, 0.3) is 0 Å². The van der Waals surface area contributed by atoms with Crippen LogP contribution in [0.4, 0.5) is 0 Å². The number of fused-ring (bicyclic) bond motifs is 1. The van der Waals surface area contributed by atoms with Gasteiger partial charge in [0.2, 0.25) is 0 Å². The molecule has 0 aromatic heterocycles. The second-order valence-corrected chi connectivity index (χ2v) is 7.18. The lowest BCUT2D eigenvalue weighted by atomic mass is 9.66. The Morgan fingerprint density at radius 3 is 2.38 bits per heavy atom. The van der Waals surface area contributed by atoms with Gasteiger partial charge in [0.05, 0.1) is 0 Å². The second kappa shape index (κ2) is 6.07. The minimum absolute atomic E-state index is 0.0484. The van der Waals surface area contributed by atoms with Crippen LogP contribution >= 0.6 is 0 Å². The molecule has 2 aliphatic rings. The maximum absolute atomic E-state index is 6.12. The van der Waals surface area contributed by atoms with Crippen molar-refractivity contribution in [2.75, 3.05) is 6.54 Å². The highest BCUT2D eigenvalue weighted by atomic mass is 14.6. The summed E-state index contributed by atoms with van der Waals surface area (Å²) in [6.07, 6.45) is 5.94. The Hall–Kier alpha value is -2.12. The Balaban J connectivity index is 1.83. The van der Waals surface area contributed by atoms with Crippen molar-refractivity contribution in [1.82, 2.24) is 0 Å². The fraction of sp³-hybridized carbons (Fsp3) is 0.304. The minimum Gasteiger partial charge on any atom is -0.330 e. The summed E-state index contributed by atoms with van der Waals surface area (Å²) in [6.45, 7) is 5.39. The van der Waals surface area contributed by atoms with Crippen LogP contribution in [0.1, 0.15) is 30.4 Å². The van der Waals surface area contributed by atoms with Crippen molar-refractivity contribution < 1.29 is 0 Å². The quantitative estimate of drug-likeness (QED) is 0.828. The zero-order valence-corrected chi connectivity index (χ0v) is 14.1. The number of hydrogen-bond acceptors (Lipinski definition) is 1. The van der Waals surface area contributed by atoms with Gasteiger partial charge in [0, 0.05) is 5.41 Å². The van der Waals surface area contributed by atoms with Crippen LogP contribution < -0.4 is 5.73 Å². The largest absolute Gasteiger partial charge is 0.330 e. The Bertz CT molecular complexity index is 759. The predicted octanol–water partition coefficient (Wildman–Crippen LogP) is 5.16. The monoisotopic (exact) mass is 315 g/mol. The molecule has 0 bridgehead atoms. The summed E-state index contributed by atoms with van der Waals surface area (Å²) in [5, 5.41) is 0. The topological polar surface area (TPSA) is 26.0 Å². The highest BCUT2D eigenvalue weighted by Gasteiger charge is 2.54. The normalized spacial score (nSPS) is 28.5. The smallest absolute Gasteiger partial charge is 0.0240 e. The highest BCUT2D eigenvalue weighted by Crippen LogP contribution is 2.65. The van der Waals surface area contributed by atoms with Gasteiger partial charge < -0.3 is 5.73 Å². The maximum atomic E-state index is 6.12. The molecule has 3 atom stereocenters. The number of rotatable bonds is 4. The highest BCUT2D eigenvalue weighted by molar-refractivity contribution is 5.88. The molecule has 1 unspecified atom stereocenters. The van der Waals surface area contributed by atoms with E-state index in [-0.39, 0.29) is 5.41 Å². The average molecular weight is 315 g/mol. The van der Waals surface area contributed by atoms with Crippen LogP contribution in [0.5, 0.6) is 0 Å². The minimum atomic E-state index is 0.0484. The Kier molecular flexibility index (Phi) is 3.90. The van der Waals surface area contributed by atoms with Crippen molar-refractivity contribution in [3.05, 3.63) is 84.4 Å². The molecule has 24 heavy (non-hydrogen) atoms. The fourth-order valence-corrected chi connectivity index (χ4v) is 5.07. The Morgan fingerprint density at radius 2 is 1.71 bits per heavy atom. The van der Waals surface area contributed by atoms with Crippen LogP contribution in [0.15, 0.2) is 73.3 Å². The summed E-state index contributed by atoms with van der Waals surface area (Å²) >= 11 is 0. The molecule has 0 aliphatic heterocycles. The number of hydrogen-bond donors (Lipinski definition) is 1. The number of allylic oxidation sites excluding steroid dienone is 3. The molecule has 0 amide bonds. The third-order valence-electron chi connectivity index (χ3n) is 6.22. The summed E-state index contributed by atoms with van der Waals surface area (Å²) in [5.74, 6) is 1.19. The van der Waals surface area contributed by atoms with E-state index in [1.807, 2.05) is 0 Å². The van der Waals surface area contributed by atoms with Gasteiger partial charge in [0.15, 0.2) is 0 Å². The van der Waals surface area contributed by atoms with Crippen LogP contribution in [0.3, 0.4) is 0 Å². The van der Waals surface area contributed by atoms with Gasteiger partial charge in [-0.05, 0) is 59.9 Å². The van der Waals surface area contributed by atoms with Crippen molar-refractivity contribution >= 4 is 11.1 Å². The van der Waals surface area contributed by atoms with Crippen molar-refractivity contribution in [1.29, 1.82) is 0 Å². The molecule has 0 heterocycles. The summed E-state index contributed by atoms with van der Waals surface area (Å²) < 4.78 is 0. The standard InChI is InChI=1S/C23H25N/c1-17(18-8-4-2-5-9-18)23-15-14-20(16-24)22(23)13-12-21(23)19-10-6-3-7-11-19/h2-12,20,22H,1,13-16,24H2/t20-,22?,23-/m1/s1. The van der Waals surface area contributed by atoms with E-state index in [0.717, 1.165) is 19.4 Å². The van der Waals surface area contributed by atoms with E-state index in [9.17, 15) is 0 Å². The van der Waals surface area contributed by atoms with Crippen LogP contribution in [0.25, 0.3) is 11.1 Å². The van der Waals surface area contributed by atoms with E-state index in [2.05, 4.69) is 73.3 Å². The van der Waals surface area contributed by atoms with Gasteiger partial charge >= 0.3 is 0 Å². The molecule has 1 heteroatoms. The fourth-order valence-electron chi connectivity index (χ4n) is 5.07. The van der Waals surface area contributed by atoms with Gasteiger partial charge in [-0.3, -0.25) is 0 Å². The van der Waals surface area contributed by atoms with Gasteiger partial charge in [-0.1, -0.05) is 73.3 Å². The van der Waals surface area contributed by atoms with Crippen molar-refractivity contribution in [2.45, 2.75) is 19.3 Å². The molecule has 1 fully saturated rings. The first-order valence-electron chi connectivity index (χ1n) is 8.98. The molecule has 1 saturated carbocycles. The molecular formula is C23H25N. The average Bonchev–Trinajstić information content (AvgIpc) is 3.20. The molecule has 2 aromatic rings. The van der Waals surface area contributed by atoms with Crippen LogP contribution in [0, 0.1) is 17.3 Å². The third kappa shape index (κ3) is 2.19. The molecule has 0 saturated heterocycles. The van der Waals surface area contributed by atoms with E-state index >= 15 is 0 Å². The molecule has 122 valence electrons. The molecule has 2 aliphatic carbocycles. The molecule has 2 aromatic carbocycles. The van der Waals surface area contributed by atoms with E-state index < -0.39 is 0 Å². The molecule has 2 N–H and O–H groups in total. The summed E-state index contributed by atoms with van der Waals surface area (Å²) in [6, 6.07) is 21.5. The van der Waals surface area contributed by atoms with E-state index in [4.69, 9.17) is 5.73 Å². The van der Waals surface area contributed by atoms with Gasteiger partial charge in [0.1, 0.15) is 0 Å². The lowest BCUT2D eigenvalue weighted by Crippen LogP contribution is -2.29. The van der Waals surface area contributed by atoms with E-state index in [1.54, 1.807) is 0 Å². The van der Waals surface area contributed by atoms with Gasteiger partial charge in [-0.25, -0.2) is 0 Å². The Labute approximate surface area is 144 Å². The van der Waals surface area contributed by atoms with Crippen LogP contribution in [0.2, 0.25) is 0 Å². The first-order valence-corrected chi connectivity index (χ1v) is 8.98. The summed E-state index contributed by atoms with van der Waals surface area (Å²) in [7, 11) is 0. The first-order chi connectivity index (χ1) is 11.8. The molecular weight excluding hydrogens is 290 g/mol. The Morgan fingerprint density at radius 1 is 1.04 bits per heavy atom. The molecule has 1 nitrogen and oxygen atoms in total. The van der Waals surface area contributed by atoms with E-state index in [0.29, 0.717) is 11.8 Å². The third-order valence-corrected chi connectivity index (χ3v) is 6.22. The SMILES string of the molecule is C=C(c1ccccc1)[C@@]12CC[C@H](CN)C1CC=C2c1ccccc1. The number of benzene rings is 2. The van der Waals surface area contributed by atoms with Crippen molar-refractivity contribution in [3.63, 3.8) is 0 Å². The molecule has 4 rings (SSSR count). The summed E-state index contributed by atoms with van der Waals surface area (Å²) in [4.78, 5) is 0. The van der Waals surface area contributed by atoms with Gasteiger partial charge in [-0.2, -0.15) is 0 Å². The second-order valence-electron chi connectivity index (χ2n) is 7.18. The van der Waals surface area contributed by atoms with Crippen LogP contribution in [-0.2, 0) is 0 Å². The zero-order valence-electron chi connectivity index (χ0n) is 14.1. The van der Waals surface area contributed by atoms with Crippen LogP contribution in [-0.4, -0.2) is 6.54 Å². The molecule has 0 radical (unpaired) electrons.